The van der Waals surface area contributed by atoms with E-state index in [1.165, 1.54) is 0 Å². The van der Waals surface area contributed by atoms with Gasteiger partial charge in [0, 0.05) is 18.4 Å². The Kier molecular flexibility index (Phi) is 6.13. The Hall–Kier alpha value is -3.09. The largest absolute Gasteiger partial charge is 0.497 e. The zero-order chi connectivity index (χ0) is 20.1. The monoisotopic (exact) mass is 387 g/mol. The molecule has 0 unspecified atom stereocenters. The number of rotatable bonds is 8. The summed E-state index contributed by atoms with van der Waals surface area (Å²) in [5.74, 6) is 2.97. The van der Waals surface area contributed by atoms with Crippen LogP contribution >= 0.6 is 0 Å². The maximum Gasteiger partial charge on any atom is 0.207 e. The molecule has 7 heteroatoms. The smallest absolute Gasteiger partial charge is 0.207 e. The third-order valence-corrected chi connectivity index (χ3v) is 4.67. The van der Waals surface area contributed by atoms with Crippen molar-refractivity contribution in [3.8, 4) is 28.7 Å². The summed E-state index contributed by atoms with van der Waals surface area (Å²) in [7, 11) is 7.97. The van der Waals surface area contributed by atoms with Gasteiger partial charge in [-0.25, -0.2) is 0 Å². The summed E-state index contributed by atoms with van der Waals surface area (Å²) in [6.45, 7) is 0. The highest BCUT2D eigenvalue weighted by Gasteiger charge is 2.27. The fourth-order valence-electron chi connectivity index (χ4n) is 3.29. The van der Waals surface area contributed by atoms with Gasteiger partial charge in [0.1, 0.15) is 11.9 Å². The number of ether oxygens (including phenoxy) is 5. The van der Waals surface area contributed by atoms with Crippen LogP contribution in [-0.2, 0) is 11.3 Å². The van der Waals surface area contributed by atoms with Crippen molar-refractivity contribution in [2.45, 2.75) is 18.9 Å². The molecule has 150 valence electrons. The maximum atomic E-state index is 5.67. The number of nitrogens with zero attached hydrogens (tertiary/aromatic N) is 1. The standard InChI is InChI=1S/C21H25NO6/c1-23-15-8-6-13(7-9-15)17-12-16(28-22-17)10-14-11-18(24-2)20(26-4)21(27-5)19(14)25-3/h6-9,11,16H,10,12H2,1-5H3/t16-/m1/s1. The first kappa shape index (κ1) is 19.7. The molecule has 3 rings (SSSR count). The van der Waals surface area contributed by atoms with Gasteiger partial charge in [-0.05, 0) is 35.9 Å². The van der Waals surface area contributed by atoms with Crippen molar-refractivity contribution in [2.75, 3.05) is 35.5 Å². The van der Waals surface area contributed by atoms with Gasteiger partial charge in [-0.1, -0.05) is 5.16 Å². The van der Waals surface area contributed by atoms with Crippen LogP contribution in [0.15, 0.2) is 35.5 Å². The fourth-order valence-corrected chi connectivity index (χ4v) is 3.29. The lowest BCUT2D eigenvalue weighted by molar-refractivity contribution is 0.0853. The van der Waals surface area contributed by atoms with Crippen LogP contribution in [0, 0.1) is 0 Å². The highest BCUT2D eigenvalue weighted by molar-refractivity contribution is 6.01. The van der Waals surface area contributed by atoms with Crippen molar-refractivity contribution in [2.24, 2.45) is 5.16 Å². The minimum Gasteiger partial charge on any atom is -0.497 e. The van der Waals surface area contributed by atoms with E-state index in [-0.39, 0.29) is 6.10 Å². The summed E-state index contributed by atoms with van der Waals surface area (Å²) in [5, 5.41) is 4.26. The lowest BCUT2D eigenvalue weighted by Gasteiger charge is -2.19. The molecule has 28 heavy (non-hydrogen) atoms. The zero-order valence-corrected chi connectivity index (χ0v) is 16.8. The summed E-state index contributed by atoms with van der Waals surface area (Å²) in [4.78, 5) is 5.67. The minimum atomic E-state index is -0.117. The Labute approximate surface area is 164 Å². The normalized spacial score (nSPS) is 15.5. The molecule has 0 radical (unpaired) electrons. The van der Waals surface area contributed by atoms with Crippen LogP contribution in [0.3, 0.4) is 0 Å². The van der Waals surface area contributed by atoms with Crippen LogP contribution in [0.2, 0.25) is 0 Å². The molecule has 0 aromatic heterocycles. The first-order chi connectivity index (χ1) is 13.6. The zero-order valence-electron chi connectivity index (χ0n) is 16.8. The summed E-state index contributed by atoms with van der Waals surface area (Å²) in [5.41, 5.74) is 2.81. The molecule has 0 N–H and O–H groups in total. The molecule has 0 spiro atoms. The molecule has 0 aliphatic carbocycles. The molecule has 1 aliphatic rings. The molecule has 1 aliphatic heterocycles. The molecule has 1 heterocycles. The van der Waals surface area contributed by atoms with Gasteiger partial charge >= 0.3 is 0 Å². The van der Waals surface area contributed by atoms with Crippen molar-refractivity contribution < 1.29 is 28.5 Å². The first-order valence-electron chi connectivity index (χ1n) is 8.88. The van der Waals surface area contributed by atoms with Gasteiger partial charge in [-0.3, -0.25) is 0 Å². The molecule has 0 fully saturated rings. The van der Waals surface area contributed by atoms with Gasteiger partial charge in [0.25, 0.3) is 0 Å². The highest BCUT2D eigenvalue weighted by atomic mass is 16.6. The topological polar surface area (TPSA) is 67.7 Å². The van der Waals surface area contributed by atoms with Crippen LogP contribution in [0.5, 0.6) is 28.7 Å². The van der Waals surface area contributed by atoms with E-state index in [2.05, 4.69) is 5.16 Å². The highest BCUT2D eigenvalue weighted by Crippen LogP contribution is 2.47. The maximum absolute atomic E-state index is 5.67. The van der Waals surface area contributed by atoms with E-state index < -0.39 is 0 Å². The van der Waals surface area contributed by atoms with E-state index in [4.69, 9.17) is 28.5 Å². The molecule has 0 bridgehead atoms. The van der Waals surface area contributed by atoms with E-state index in [1.54, 1.807) is 35.5 Å². The molecular weight excluding hydrogens is 362 g/mol. The molecule has 0 amide bonds. The van der Waals surface area contributed by atoms with E-state index >= 15 is 0 Å². The van der Waals surface area contributed by atoms with Crippen molar-refractivity contribution in [3.63, 3.8) is 0 Å². The Morgan fingerprint density at radius 3 is 2.11 bits per heavy atom. The second-order valence-electron chi connectivity index (χ2n) is 6.24. The van der Waals surface area contributed by atoms with Crippen molar-refractivity contribution in [3.05, 3.63) is 41.5 Å². The molecule has 2 aromatic rings. The summed E-state index contributed by atoms with van der Waals surface area (Å²) in [6.07, 6.45) is 1.16. The second kappa shape index (κ2) is 8.73. The number of oxime groups is 1. The third-order valence-electron chi connectivity index (χ3n) is 4.67. The number of methoxy groups -OCH3 is 5. The van der Waals surface area contributed by atoms with E-state index in [0.717, 1.165) is 22.6 Å². The lowest BCUT2D eigenvalue weighted by atomic mass is 9.99. The van der Waals surface area contributed by atoms with Gasteiger partial charge in [0.15, 0.2) is 11.5 Å². The average molecular weight is 387 g/mol. The Morgan fingerprint density at radius 1 is 0.857 bits per heavy atom. The number of hydrogen-bond acceptors (Lipinski definition) is 7. The lowest BCUT2D eigenvalue weighted by Crippen LogP contribution is -2.13. The van der Waals surface area contributed by atoms with Gasteiger partial charge < -0.3 is 28.5 Å². The number of benzene rings is 2. The first-order valence-corrected chi connectivity index (χ1v) is 8.88. The quantitative estimate of drug-likeness (QED) is 0.691. The Bertz CT molecular complexity index is 847. The SMILES string of the molecule is COc1ccc(C2=NO[C@H](Cc3cc(OC)c(OC)c(OC)c3OC)C2)cc1. The van der Waals surface area contributed by atoms with Crippen LogP contribution in [-0.4, -0.2) is 47.4 Å². The van der Waals surface area contributed by atoms with E-state index in [1.807, 2.05) is 30.3 Å². The van der Waals surface area contributed by atoms with Crippen LogP contribution < -0.4 is 23.7 Å². The predicted molar refractivity (Wildman–Crippen MR) is 105 cm³/mol. The van der Waals surface area contributed by atoms with Gasteiger partial charge in [-0.2, -0.15) is 0 Å². The van der Waals surface area contributed by atoms with Crippen molar-refractivity contribution in [1.29, 1.82) is 0 Å². The molecule has 2 aromatic carbocycles. The fraction of sp³-hybridized carbons (Fsp3) is 0.381. The summed E-state index contributed by atoms with van der Waals surface area (Å²) < 4.78 is 27.2. The van der Waals surface area contributed by atoms with Crippen molar-refractivity contribution >= 4 is 5.71 Å². The Balaban J connectivity index is 1.80. The molecule has 0 saturated heterocycles. The second-order valence-corrected chi connectivity index (χ2v) is 6.24. The van der Waals surface area contributed by atoms with Crippen LogP contribution in [0.4, 0.5) is 0 Å². The molecular formula is C21H25NO6. The van der Waals surface area contributed by atoms with Gasteiger partial charge in [-0.15, -0.1) is 0 Å². The van der Waals surface area contributed by atoms with Crippen LogP contribution in [0.25, 0.3) is 0 Å². The molecule has 1 atom stereocenters. The van der Waals surface area contributed by atoms with Crippen LogP contribution in [0.1, 0.15) is 17.5 Å². The molecule has 0 saturated carbocycles. The number of hydrogen-bond donors (Lipinski definition) is 0. The summed E-state index contributed by atoms with van der Waals surface area (Å²) >= 11 is 0. The minimum absolute atomic E-state index is 0.117. The van der Waals surface area contributed by atoms with E-state index in [0.29, 0.717) is 35.8 Å². The molecule has 7 nitrogen and oxygen atoms in total. The van der Waals surface area contributed by atoms with E-state index in [9.17, 15) is 0 Å². The Morgan fingerprint density at radius 2 is 1.54 bits per heavy atom. The van der Waals surface area contributed by atoms with Gasteiger partial charge in [0.2, 0.25) is 11.5 Å². The predicted octanol–water partition coefficient (Wildman–Crippen LogP) is 3.47. The van der Waals surface area contributed by atoms with Crippen molar-refractivity contribution in [1.82, 2.24) is 0 Å². The average Bonchev–Trinajstić information content (AvgIpc) is 3.21. The summed E-state index contributed by atoms with van der Waals surface area (Å²) in [6, 6.07) is 9.66. The van der Waals surface area contributed by atoms with Gasteiger partial charge in [0.05, 0.1) is 41.3 Å². The third kappa shape index (κ3) is 3.78.